The van der Waals surface area contributed by atoms with Gasteiger partial charge in [0.1, 0.15) is 11.4 Å². The first-order chi connectivity index (χ1) is 13.5. The van der Waals surface area contributed by atoms with E-state index in [1.165, 1.54) is 12.3 Å². The van der Waals surface area contributed by atoms with Gasteiger partial charge in [-0.05, 0) is 50.5 Å². The maximum Gasteiger partial charge on any atom is 0.309 e. The lowest BCUT2D eigenvalue weighted by atomic mass is 9.77. The molecule has 144 valence electrons. The number of carbonyl (C=O) groups excluding carboxylic acids is 1. The molecule has 3 heterocycles. The van der Waals surface area contributed by atoms with Crippen LogP contribution in [0.2, 0.25) is 0 Å². The van der Waals surface area contributed by atoms with Crippen molar-refractivity contribution in [3.05, 3.63) is 52.2 Å². The molecule has 2 atom stereocenters. The van der Waals surface area contributed by atoms with Gasteiger partial charge in [-0.3, -0.25) is 14.3 Å². The van der Waals surface area contributed by atoms with E-state index < -0.39 is 5.60 Å². The largest absolute Gasteiger partial charge is 0.454 e. The number of H-pyrrole nitrogens is 1. The molecule has 0 amide bonds. The van der Waals surface area contributed by atoms with Gasteiger partial charge in [0.15, 0.2) is 0 Å². The predicted octanol–water partition coefficient (Wildman–Crippen LogP) is 3.49. The second kappa shape index (κ2) is 6.02. The minimum Gasteiger partial charge on any atom is -0.454 e. The number of carbonyl (C=O) groups is 1. The summed E-state index contributed by atoms with van der Waals surface area (Å²) >= 11 is 0. The van der Waals surface area contributed by atoms with Crippen LogP contribution < -0.4 is 5.56 Å². The number of nitrogens with zero attached hydrogens (tertiary/aromatic N) is 2. The number of benzene rings is 1. The number of pyridine rings is 1. The quantitative estimate of drug-likeness (QED) is 0.705. The van der Waals surface area contributed by atoms with Crippen LogP contribution >= 0.6 is 0 Å². The molecule has 28 heavy (non-hydrogen) atoms. The van der Waals surface area contributed by atoms with Crippen molar-refractivity contribution in [2.75, 3.05) is 0 Å². The highest BCUT2D eigenvalue weighted by Crippen LogP contribution is 2.48. The Bertz CT molecular complexity index is 1170. The Hall–Kier alpha value is -2.96. The minimum atomic E-state index is -0.817. The molecule has 1 aliphatic carbocycles. The molecule has 1 aliphatic heterocycles. The molecule has 0 radical (unpaired) electrons. The van der Waals surface area contributed by atoms with Crippen LogP contribution in [0.25, 0.3) is 22.2 Å². The van der Waals surface area contributed by atoms with Crippen molar-refractivity contribution in [2.24, 2.45) is 5.92 Å². The summed E-state index contributed by atoms with van der Waals surface area (Å²) in [4.78, 5) is 27.8. The van der Waals surface area contributed by atoms with Crippen molar-refractivity contribution in [1.29, 1.82) is 0 Å². The Kier molecular flexibility index (Phi) is 3.69. The number of hydrogen-bond acceptors (Lipinski definition) is 4. The highest BCUT2D eigenvalue weighted by atomic mass is 19.1. The van der Waals surface area contributed by atoms with Gasteiger partial charge >= 0.3 is 5.97 Å². The van der Waals surface area contributed by atoms with Crippen LogP contribution in [-0.4, -0.2) is 20.7 Å². The van der Waals surface area contributed by atoms with Crippen LogP contribution in [-0.2, 0) is 21.7 Å². The van der Waals surface area contributed by atoms with E-state index in [9.17, 15) is 14.0 Å². The fourth-order valence-electron chi connectivity index (χ4n) is 4.65. The summed E-state index contributed by atoms with van der Waals surface area (Å²) < 4.78 is 21.9. The van der Waals surface area contributed by atoms with Gasteiger partial charge in [0.25, 0.3) is 5.56 Å². The molecule has 1 saturated heterocycles. The fourth-order valence-corrected chi connectivity index (χ4v) is 4.65. The zero-order valence-corrected chi connectivity index (χ0v) is 15.5. The number of esters is 1. The van der Waals surface area contributed by atoms with E-state index in [2.05, 4.69) is 10.1 Å². The first-order valence-corrected chi connectivity index (χ1v) is 9.63. The van der Waals surface area contributed by atoms with Gasteiger partial charge in [-0.1, -0.05) is 0 Å². The number of halogens is 1. The second-order valence-electron chi connectivity index (χ2n) is 7.67. The van der Waals surface area contributed by atoms with Crippen molar-refractivity contribution in [3.63, 3.8) is 0 Å². The predicted molar refractivity (Wildman–Crippen MR) is 101 cm³/mol. The molecule has 5 rings (SSSR count). The van der Waals surface area contributed by atoms with E-state index in [0.29, 0.717) is 47.1 Å². The van der Waals surface area contributed by atoms with E-state index in [1.807, 2.05) is 13.0 Å². The van der Waals surface area contributed by atoms with Crippen molar-refractivity contribution in [2.45, 2.75) is 44.8 Å². The van der Waals surface area contributed by atoms with Crippen LogP contribution in [0.5, 0.6) is 0 Å². The smallest absolute Gasteiger partial charge is 0.309 e. The summed E-state index contributed by atoms with van der Waals surface area (Å²) in [5, 5.41) is 4.64. The van der Waals surface area contributed by atoms with Crippen molar-refractivity contribution >= 4 is 16.9 Å². The molecule has 1 N–H and O–H groups in total. The lowest BCUT2D eigenvalue weighted by molar-refractivity contribution is -0.150. The maximum atomic E-state index is 14.5. The molecule has 0 spiro atoms. The number of fused-ring (bicyclic) bond motifs is 3. The van der Waals surface area contributed by atoms with Crippen LogP contribution in [0.4, 0.5) is 4.39 Å². The van der Waals surface area contributed by atoms with Gasteiger partial charge < -0.3 is 9.72 Å². The number of rotatable bonds is 3. The normalized spacial score (nSPS) is 23.9. The second-order valence-corrected chi connectivity index (χ2v) is 7.67. The zero-order valence-electron chi connectivity index (χ0n) is 15.5. The average Bonchev–Trinajstić information content (AvgIpc) is 3.20. The number of hydrogen-bond donors (Lipinski definition) is 1. The number of ether oxygens (including phenoxy) is 1. The number of nitrogens with one attached hydrogen (secondary N) is 1. The Balaban J connectivity index is 1.58. The third kappa shape index (κ3) is 2.42. The third-order valence-corrected chi connectivity index (χ3v) is 6.06. The average molecular weight is 381 g/mol. The maximum absolute atomic E-state index is 14.5. The SMILES string of the molecule is CCn1ncc2c(F)cc(-c3ccc(C45CCCC(C4)C(=O)O5)c(=O)[nH]3)cc21. The lowest BCUT2D eigenvalue weighted by Gasteiger charge is -2.29. The van der Waals surface area contributed by atoms with Gasteiger partial charge in [-0.25, -0.2) is 4.39 Å². The summed E-state index contributed by atoms with van der Waals surface area (Å²) in [6, 6.07) is 6.70. The van der Waals surface area contributed by atoms with Crippen molar-refractivity contribution in [1.82, 2.24) is 14.8 Å². The Morgan fingerprint density at radius 1 is 1.36 bits per heavy atom. The van der Waals surface area contributed by atoms with E-state index in [4.69, 9.17) is 4.74 Å². The van der Waals surface area contributed by atoms with Gasteiger partial charge in [-0.2, -0.15) is 5.10 Å². The van der Waals surface area contributed by atoms with Crippen molar-refractivity contribution < 1.29 is 13.9 Å². The van der Waals surface area contributed by atoms with E-state index in [1.54, 1.807) is 16.8 Å². The standard InChI is InChI=1S/C21H20FN3O3/c1-2-25-18-9-13(8-16(22)14(18)11-23-25)17-6-5-15(19(26)24-17)21-7-3-4-12(10-21)20(27)28-21/h5-6,8-9,11-12H,2-4,7,10H2,1H3,(H,24,26). The molecule has 7 heteroatoms. The summed E-state index contributed by atoms with van der Waals surface area (Å²) in [7, 11) is 0. The number of aryl methyl sites for hydroxylation is 1. The summed E-state index contributed by atoms with van der Waals surface area (Å²) in [5.41, 5.74) is 1.14. The van der Waals surface area contributed by atoms with E-state index in [-0.39, 0.29) is 23.3 Å². The number of aromatic amines is 1. The van der Waals surface area contributed by atoms with E-state index >= 15 is 0 Å². The monoisotopic (exact) mass is 381 g/mol. The summed E-state index contributed by atoms with van der Waals surface area (Å²) in [6.07, 6.45) is 4.41. The van der Waals surface area contributed by atoms with Crippen LogP contribution in [0.1, 0.15) is 38.2 Å². The molecule has 1 aromatic carbocycles. The Morgan fingerprint density at radius 2 is 2.21 bits per heavy atom. The first-order valence-electron chi connectivity index (χ1n) is 9.63. The summed E-state index contributed by atoms with van der Waals surface area (Å²) in [5.74, 6) is -0.699. The van der Waals surface area contributed by atoms with Gasteiger partial charge in [0, 0.05) is 24.2 Å². The molecule has 6 nitrogen and oxygen atoms in total. The van der Waals surface area contributed by atoms with E-state index in [0.717, 1.165) is 12.8 Å². The third-order valence-electron chi connectivity index (χ3n) is 6.06. The minimum absolute atomic E-state index is 0.112. The molecule has 2 fully saturated rings. The number of aromatic nitrogens is 3. The van der Waals surface area contributed by atoms with Gasteiger partial charge in [0.05, 0.1) is 28.6 Å². The molecular formula is C21H20FN3O3. The zero-order chi connectivity index (χ0) is 19.5. The summed E-state index contributed by atoms with van der Waals surface area (Å²) in [6.45, 7) is 2.56. The Labute approximate surface area is 160 Å². The van der Waals surface area contributed by atoms with Crippen LogP contribution in [0.3, 0.4) is 0 Å². The molecule has 2 unspecified atom stereocenters. The molecular weight excluding hydrogens is 361 g/mol. The molecule has 2 bridgehead atoms. The van der Waals surface area contributed by atoms with Gasteiger partial charge in [-0.15, -0.1) is 0 Å². The molecule has 2 aromatic heterocycles. The van der Waals surface area contributed by atoms with Crippen LogP contribution in [0, 0.1) is 11.7 Å². The molecule has 1 saturated carbocycles. The topological polar surface area (TPSA) is 77.0 Å². The highest BCUT2D eigenvalue weighted by Gasteiger charge is 2.51. The molecule has 3 aromatic rings. The molecule has 2 aliphatic rings. The van der Waals surface area contributed by atoms with Crippen molar-refractivity contribution in [3.8, 4) is 11.3 Å². The first kappa shape index (κ1) is 17.2. The van der Waals surface area contributed by atoms with Crippen LogP contribution in [0.15, 0.2) is 35.3 Å². The fraction of sp³-hybridized carbons (Fsp3) is 0.381. The highest BCUT2D eigenvalue weighted by molar-refractivity contribution is 5.84. The van der Waals surface area contributed by atoms with Gasteiger partial charge in [0.2, 0.25) is 0 Å². The lowest BCUT2D eigenvalue weighted by Crippen LogP contribution is -2.34. The Morgan fingerprint density at radius 3 is 3.00 bits per heavy atom.